The van der Waals surface area contributed by atoms with Gasteiger partial charge in [-0.2, -0.15) is 0 Å². The van der Waals surface area contributed by atoms with Crippen molar-refractivity contribution in [2.45, 2.75) is 44.2 Å². The van der Waals surface area contributed by atoms with E-state index in [2.05, 4.69) is 76.4 Å². The largest absolute Gasteiger partial charge is 0.496 e. The molecule has 0 aliphatic rings. The van der Waals surface area contributed by atoms with Crippen molar-refractivity contribution in [1.82, 2.24) is 14.9 Å². The van der Waals surface area contributed by atoms with Crippen LogP contribution in [0.25, 0.3) is 0 Å². The van der Waals surface area contributed by atoms with E-state index < -0.39 is 0 Å². The van der Waals surface area contributed by atoms with Crippen LogP contribution >= 0.6 is 27.9 Å². The molecule has 0 radical (unpaired) electrons. The van der Waals surface area contributed by atoms with Crippen molar-refractivity contribution in [1.29, 1.82) is 0 Å². The van der Waals surface area contributed by atoms with E-state index in [0.29, 0.717) is 12.5 Å². The van der Waals surface area contributed by atoms with Gasteiger partial charge in [0.05, 0.1) is 18.6 Å². The first-order chi connectivity index (χ1) is 17.9. The van der Waals surface area contributed by atoms with Gasteiger partial charge >= 0.3 is 0 Å². The second-order valence-electron chi connectivity index (χ2n) is 8.42. The van der Waals surface area contributed by atoms with E-state index in [9.17, 15) is 0 Å². The fourth-order valence-electron chi connectivity index (χ4n) is 3.07. The van der Waals surface area contributed by atoms with Crippen molar-refractivity contribution >= 4 is 39.5 Å². The molecule has 0 aromatic heterocycles. The van der Waals surface area contributed by atoms with Crippen LogP contribution in [0.2, 0.25) is 0 Å². The van der Waals surface area contributed by atoms with Gasteiger partial charge < -0.3 is 15.0 Å². The minimum Gasteiger partial charge on any atom is -0.496 e. The summed E-state index contributed by atoms with van der Waals surface area (Å²) in [6.07, 6.45) is 8.66. The van der Waals surface area contributed by atoms with Gasteiger partial charge in [0.15, 0.2) is 0 Å². The number of hydrogen-bond acceptors (Lipinski definition) is 5. The molecule has 0 aliphatic heterocycles. The van der Waals surface area contributed by atoms with Crippen molar-refractivity contribution in [2.75, 3.05) is 21.2 Å². The van der Waals surface area contributed by atoms with Crippen LogP contribution in [0.3, 0.4) is 0 Å². The summed E-state index contributed by atoms with van der Waals surface area (Å²) < 4.78 is 9.87. The summed E-state index contributed by atoms with van der Waals surface area (Å²) in [5.41, 5.74) is 3.27. The predicted molar refractivity (Wildman–Crippen MR) is 163 cm³/mol. The van der Waals surface area contributed by atoms with E-state index in [-0.39, 0.29) is 0 Å². The standard InChI is InChI=1S/C29H38BrN5OS/c1-7-9-10-12-26(11-8-2)34-29(33-22(3)35(4)5)31-20-23-13-15-24(16-14-23)21-32-37-28-19-25(30)17-18-27(28)36-6/h7,10,12-19,32H,1,3,8-9,11,20-21H2,2,4-6H3,(H,31,33)/b12-10-,34-26+. The number of nitrogens with zero attached hydrogens (tertiary/aromatic N) is 3. The normalized spacial score (nSPS) is 12.0. The lowest BCUT2D eigenvalue weighted by atomic mass is 10.1. The molecule has 37 heavy (non-hydrogen) atoms. The van der Waals surface area contributed by atoms with Crippen molar-refractivity contribution in [3.05, 3.63) is 95.3 Å². The molecule has 2 rings (SSSR count). The van der Waals surface area contributed by atoms with Crippen molar-refractivity contribution in [3.63, 3.8) is 0 Å². The molecule has 0 heterocycles. The van der Waals surface area contributed by atoms with Crippen LogP contribution in [-0.2, 0) is 13.1 Å². The fourth-order valence-corrected chi connectivity index (χ4v) is 4.41. The lowest BCUT2D eigenvalue weighted by Gasteiger charge is -2.17. The van der Waals surface area contributed by atoms with Crippen LogP contribution in [-0.4, -0.2) is 37.8 Å². The number of methoxy groups -OCH3 is 1. The van der Waals surface area contributed by atoms with E-state index in [1.807, 2.05) is 49.3 Å². The summed E-state index contributed by atoms with van der Waals surface area (Å²) in [5, 5.41) is 3.25. The lowest BCUT2D eigenvalue weighted by Crippen LogP contribution is -2.29. The van der Waals surface area contributed by atoms with E-state index in [1.54, 1.807) is 19.1 Å². The van der Waals surface area contributed by atoms with Gasteiger partial charge in [-0.25, -0.2) is 9.98 Å². The molecule has 0 saturated carbocycles. The first-order valence-corrected chi connectivity index (χ1v) is 13.8. The molecule has 0 aliphatic carbocycles. The second-order valence-corrected chi connectivity index (χ2v) is 10.3. The Bertz CT molecular complexity index is 1110. The smallest absolute Gasteiger partial charge is 0.224 e. The average Bonchev–Trinajstić information content (AvgIpc) is 2.88. The molecule has 0 unspecified atom stereocenters. The molecule has 198 valence electrons. The molecule has 8 heteroatoms. The predicted octanol–water partition coefficient (Wildman–Crippen LogP) is 7.11. The Hall–Kier alpha value is -2.81. The highest BCUT2D eigenvalue weighted by molar-refractivity contribution is 9.10. The maximum atomic E-state index is 5.44. The number of nitrogens with one attached hydrogen (secondary N) is 2. The van der Waals surface area contributed by atoms with Gasteiger partial charge in [-0.05, 0) is 60.2 Å². The Balaban J connectivity index is 2.07. The number of hydrogen-bond donors (Lipinski definition) is 2. The maximum absolute atomic E-state index is 5.44. The Morgan fingerprint density at radius 3 is 2.54 bits per heavy atom. The third-order valence-corrected chi connectivity index (χ3v) is 6.50. The van der Waals surface area contributed by atoms with Gasteiger partial charge in [0.2, 0.25) is 5.96 Å². The molecule has 0 spiro atoms. The van der Waals surface area contributed by atoms with Gasteiger partial charge in [-0.3, -0.25) is 4.72 Å². The quantitative estimate of drug-likeness (QED) is 0.107. The summed E-state index contributed by atoms with van der Waals surface area (Å²) in [6, 6.07) is 14.4. The monoisotopic (exact) mass is 583 g/mol. The molecule has 0 atom stereocenters. The number of allylic oxidation sites excluding steroid dienone is 3. The molecule has 2 aromatic rings. The first-order valence-electron chi connectivity index (χ1n) is 12.2. The van der Waals surface area contributed by atoms with Gasteiger partial charge in [-0.15, -0.1) is 6.58 Å². The molecule has 0 amide bonds. The summed E-state index contributed by atoms with van der Waals surface area (Å²) in [6.45, 7) is 11.2. The Morgan fingerprint density at radius 1 is 1.16 bits per heavy atom. The molecular weight excluding hydrogens is 546 g/mol. The van der Waals surface area contributed by atoms with Gasteiger partial charge in [-0.1, -0.05) is 72.3 Å². The van der Waals surface area contributed by atoms with Crippen molar-refractivity contribution < 1.29 is 4.74 Å². The number of halogens is 1. The number of rotatable bonds is 14. The molecule has 2 N–H and O–H groups in total. The van der Waals surface area contributed by atoms with E-state index in [4.69, 9.17) is 14.7 Å². The Kier molecular flexibility index (Phi) is 13.8. The summed E-state index contributed by atoms with van der Waals surface area (Å²) in [4.78, 5) is 12.5. The molecule has 2 aromatic carbocycles. The zero-order valence-electron chi connectivity index (χ0n) is 22.3. The number of benzene rings is 2. The SMILES string of the molecule is C=CC/C=C\C(CCC)=N\C(=NCc1ccc(CNSc2cc(Br)ccc2OC)cc1)NC(=C)N(C)C. The first kappa shape index (κ1) is 30.4. The summed E-state index contributed by atoms with van der Waals surface area (Å²) >= 11 is 5.07. The number of aliphatic imine (C=N–C) groups is 2. The van der Waals surface area contributed by atoms with E-state index >= 15 is 0 Å². The molecular formula is C29H38BrN5OS. The van der Waals surface area contributed by atoms with Crippen LogP contribution in [0.1, 0.15) is 37.3 Å². The lowest BCUT2D eigenvalue weighted by molar-refractivity contribution is 0.404. The maximum Gasteiger partial charge on any atom is 0.224 e. The van der Waals surface area contributed by atoms with Crippen LogP contribution in [0.4, 0.5) is 0 Å². The molecule has 0 fully saturated rings. The molecule has 0 saturated heterocycles. The number of guanidine groups is 1. The zero-order valence-corrected chi connectivity index (χ0v) is 24.7. The highest BCUT2D eigenvalue weighted by atomic mass is 79.9. The van der Waals surface area contributed by atoms with Gasteiger partial charge in [0.25, 0.3) is 0 Å². The highest BCUT2D eigenvalue weighted by Crippen LogP contribution is 2.30. The van der Waals surface area contributed by atoms with Crippen LogP contribution < -0.4 is 14.8 Å². The van der Waals surface area contributed by atoms with Crippen LogP contribution in [0, 0.1) is 0 Å². The van der Waals surface area contributed by atoms with Crippen molar-refractivity contribution in [3.8, 4) is 5.75 Å². The number of ether oxygens (including phenoxy) is 1. The minimum absolute atomic E-state index is 0.514. The Labute approximate surface area is 235 Å². The summed E-state index contributed by atoms with van der Waals surface area (Å²) in [5.74, 6) is 2.13. The zero-order chi connectivity index (χ0) is 27.0. The van der Waals surface area contributed by atoms with Crippen molar-refractivity contribution in [2.24, 2.45) is 9.98 Å². The topological polar surface area (TPSA) is 61.3 Å². The Morgan fingerprint density at radius 2 is 1.89 bits per heavy atom. The van der Waals surface area contributed by atoms with Crippen LogP contribution in [0.5, 0.6) is 5.75 Å². The van der Waals surface area contributed by atoms with Gasteiger partial charge in [0.1, 0.15) is 11.6 Å². The van der Waals surface area contributed by atoms with Crippen LogP contribution in [0.15, 0.2) is 99.0 Å². The minimum atomic E-state index is 0.514. The highest BCUT2D eigenvalue weighted by Gasteiger charge is 2.06. The van der Waals surface area contributed by atoms with E-state index in [0.717, 1.165) is 58.0 Å². The summed E-state index contributed by atoms with van der Waals surface area (Å²) in [7, 11) is 5.55. The third kappa shape index (κ3) is 11.4. The average molecular weight is 585 g/mol. The second kappa shape index (κ2) is 16.8. The molecule has 0 bridgehead atoms. The fraction of sp³-hybridized carbons (Fsp3) is 0.310. The van der Waals surface area contributed by atoms with Gasteiger partial charge in [0, 0.05) is 30.8 Å². The molecule has 6 nitrogen and oxygen atoms in total. The third-order valence-electron chi connectivity index (χ3n) is 5.18. The van der Waals surface area contributed by atoms with E-state index in [1.165, 1.54) is 5.56 Å².